The highest BCUT2D eigenvalue weighted by molar-refractivity contribution is 7.16. The molecule has 2 aromatic heterocycles. The van der Waals surface area contributed by atoms with E-state index in [9.17, 15) is 9.18 Å². The first kappa shape index (κ1) is 15.4. The number of benzene rings is 1. The van der Waals surface area contributed by atoms with Crippen LogP contribution in [0.25, 0.3) is 10.2 Å². The van der Waals surface area contributed by atoms with Crippen LogP contribution in [-0.2, 0) is 13.6 Å². The smallest absolute Gasteiger partial charge is 0.298 e. The molecule has 0 saturated carbocycles. The standard InChI is InChI=1S/C16H15FN4OS/c1-4-8-21-14-11(17)6-5-7-12(14)23-16(21)19-15(22)13-10(2)9-18-20(13)3/h4-7,9H,1,8H2,2-3H3. The lowest BCUT2D eigenvalue weighted by Crippen LogP contribution is -2.18. The van der Waals surface area contributed by atoms with Crippen molar-refractivity contribution in [2.75, 3.05) is 0 Å². The van der Waals surface area contributed by atoms with E-state index in [1.165, 1.54) is 22.1 Å². The molecule has 0 aliphatic heterocycles. The minimum absolute atomic E-state index is 0.341. The monoisotopic (exact) mass is 330 g/mol. The first-order valence-electron chi connectivity index (χ1n) is 6.99. The molecule has 3 rings (SSSR count). The number of aromatic nitrogens is 3. The van der Waals surface area contributed by atoms with E-state index >= 15 is 0 Å². The van der Waals surface area contributed by atoms with Gasteiger partial charge in [-0.15, -0.1) is 6.58 Å². The molecule has 0 aliphatic carbocycles. The molecule has 1 aromatic carbocycles. The van der Waals surface area contributed by atoms with Crippen molar-refractivity contribution in [1.29, 1.82) is 0 Å². The fraction of sp³-hybridized carbons (Fsp3) is 0.188. The fourth-order valence-corrected chi connectivity index (χ4v) is 3.52. The van der Waals surface area contributed by atoms with Gasteiger partial charge < -0.3 is 4.57 Å². The summed E-state index contributed by atoms with van der Waals surface area (Å²) in [5, 5.41) is 4.05. The van der Waals surface area contributed by atoms with Gasteiger partial charge in [0.1, 0.15) is 11.5 Å². The molecule has 118 valence electrons. The van der Waals surface area contributed by atoms with Gasteiger partial charge in [-0.25, -0.2) is 4.39 Å². The Labute approximate surface area is 136 Å². The summed E-state index contributed by atoms with van der Waals surface area (Å²) in [7, 11) is 1.69. The van der Waals surface area contributed by atoms with Crippen molar-refractivity contribution in [3.63, 3.8) is 0 Å². The highest BCUT2D eigenvalue weighted by Crippen LogP contribution is 2.20. The van der Waals surface area contributed by atoms with Crippen molar-refractivity contribution in [2.24, 2.45) is 12.0 Å². The molecule has 0 saturated heterocycles. The number of hydrogen-bond donors (Lipinski definition) is 0. The van der Waals surface area contributed by atoms with Gasteiger partial charge in [0.05, 0.1) is 16.4 Å². The molecule has 0 bridgehead atoms. The van der Waals surface area contributed by atoms with E-state index in [2.05, 4.69) is 16.7 Å². The quantitative estimate of drug-likeness (QED) is 0.694. The lowest BCUT2D eigenvalue weighted by Gasteiger charge is -2.02. The van der Waals surface area contributed by atoms with E-state index in [0.717, 1.165) is 10.3 Å². The van der Waals surface area contributed by atoms with Gasteiger partial charge in [-0.1, -0.05) is 23.5 Å². The molecule has 0 atom stereocenters. The van der Waals surface area contributed by atoms with Crippen LogP contribution in [0.2, 0.25) is 0 Å². The van der Waals surface area contributed by atoms with Gasteiger partial charge in [0, 0.05) is 19.2 Å². The van der Waals surface area contributed by atoms with Gasteiger partial charge in [0.15, 0.2) is 4.80 Å². The summed E-state index contributed by atoms with van der Waals surface area (Å²) in [6.45, 7) is 5.87. The Morgan fingerprint density at radius 3 is 2.96 bits per heavy atom. The Balaban J connectivity index is 2.23. The number of rotatable bonds is 3. The van der Waals surface area contributed by atoms with Gasteiger partial charge in [0.2, 0.25) is 0 Å². The van der Waals surface area contributed by atoms with E-state index in [-0.39, 0.29) is 5.82 Å². The molecule has 3 aromatic rings. The minimum Gasteiger partial charge on any atom is -0.310 e. The van der Waals surface area contributed by atoms with E-state index < -0.39 is 5.91 Å². The van der Waals surface area contributed by atoms with Crippen LogP contribution in [0.15, 0.2) is 42.0 Å². The van der Waals surface area contributed by atoms with E-state index in [1.807, 2.05) is 6.07 Å². The summed E-state index contributed by atoms with van der Waals surface area (Å²) in [5.41, 5.74) is 1.61. The van der Waals surface area contributed by atoms with Gasteiger partial charge in [0.25, 0.3) is 5.91 Å². The third-order valence-corrected chi connectivity index (χ3v) is 4.53. The number of carbonyl (C=O) groups is 1. The summed E-state index contributed by atoms with van der Waals surface area (Å²) in [4.78, 5) is 17.1. The molecule has 0 N–H and O–H groups in total. The van der Waals surface area contributed by atoms with Crippen molar-refractivity contribution in [3.8, 4) is 0 Å². The second-order valence-corrected chi connectivity index (χ2v) is 6.10. The van der Waals surface area contributed by atoms with E-state index in [4.69, 9.17) is 0 Å². The Hall–Kier alpha value is -2.54. The molecule has 0 unspecified atom stereocenters. The number of thiazole rings is 1. The third-order valence-electron chi connectivity index (χ3n) is 3.48. The Morgan fingerprint density at radius 1 is 1.52 bits per heavy atom. The van der Waals surface area contributed by atoms with Crippen molar-refractivity contribution >= 4 is 27.5 Å². The number of allylic oxidation sites excluding steroid dienone is 1. The number of para-hydroxylation sites is 1. The summed E-state index contributed by atoms with van der Waals surface area (Å²) >= 11 is 1.27. The van der Waals surface area contributed by atoms with Crippen LogP contribution < -0.4 is 4.80 Å². The van der Waals surface area contributed by atoms with Crippen LogP contribution in [-0.4, -0.2) is 20.3 Å². The molecule has 1 amide bonds. The average Bonchev–Trinajstić information content (AvgIpc) is 3.01. The average molecular weight is 330 g/mol. The molecule has 2 heterocycles. The highest BCUT2D eigenvalue weighted by Gasteiger charge is 2.15. The van der Waals surface area contributed by atoms with Crippen LogP contribution in [0.1, 0.15) is 16.1 Å². The fourth-order valence-electron chi connectivity index (χ4n) is 2.46. The predicted octanol–water partition coefficient (Wildman–Crippen LogP) is 2.81. The Bertz CT molecular complexity index is 960. The van der Waals surface area contributed by atoms with Crippen LogP contribution in [0.3, 0.4) is 0 Å². The SMILES string of the molecule is C=CCn1c(=NC(=O)c2c(C)cnn2C)sc2cccc(F)c21. The van der Waals surface area contributed by atoms with E-state index in [0.29, 0.717) is 22.6 Å². The molecule has 5 nitrogen and oxygen atoms in total. The van der Waals surface area contributed by atoms with Crippen molar-refractivity contribution in [2.45, 2.75) is 13.5 Å². The summed E-state index contributed by atoms with van der Waals surface area (Å²) < 4.78 is 18.0. The first-order chi connectivity index (χ1) is 11.0. The number of aryl methyl sites for hydroxylation is 2. The molecule has 7 heteroatoms. The zero-order valence-corrected chi connectivity index (χ0v) is 13.6. The Kier molecular flexibility index (Phi) is 3.96. The number of nitrogens with zero attached hydrogens (tertiary/aromatic N) is 4. The van der Waals surface area contributed by atoms with Crippen LogP contribution in [0.4, 0.5) is 4.39 Å². The predicted molar refractivity (Wildman–Crippen MR) is 87.8 cm³/mol. The Morgan fingerprint density at radius 2 is 2.30 bits per heavy atom. The molecule has 0 radical (unpaired) electrons. The molecule has 23 heavy (non-hydrogen) atoms. The maximum atomic E-state index is 14.1. The maximum absolute atomic E-state index is 14.1. The number of fused-ring (bicyclic) bond motifs is 1. The van der Waals surface area contributed by atoms with Crippen LogP contribution in [0.5, 0.6) is 0 Å². The van der Waals surface area contributed by atoms with Crippen LogP contribution >= 0.6 is 11.3 Å². The molecule has 0 spiro atoms. The van der Waals surface area contributed by atoms with Gasteiger partial charge in [-0.05, 0) is 19.1 Å². The summed E-state index contributed by atoms with van der Waals surface area (Å²) in [6, 6.07) is 4.84. The normalized spacial score (nSPS) is 12.0. The van der Waals surface area contributed by atoms with Crippen molar-refractivity contribution in [3.05, 3.63) is 58.9 Å². The topological polar surface area (TPSA) is 52.2 Å². The highest BCUT2D eigenvalue weighted by atomic mass is 32.1. The number of amides is 1. The largest absolute Gasteiger partial charge is 0.310 e. The second-order valence-electron chi connectivity index (χ2n) is 5.09. The third kappa shape index (κ3) is 2.63. The second kappa shape index (κ2) is 5.92. The van der Waals surface area contributed by atoms with E-state index in [1.54, 1.807) is 36.9 Å². The lowest BCUT2D eigenvalue weighted by atomic mass is 10.3. The van der Waals surface area contributed by atoms with Crippen molar-refractivity contribution in [1.82, 2.24) is 14.3 Å². The lowest BCUT2D eigenvalue weighted by molar-refractivity contribution is 0.0988. The van der Waals surface area contributed by atoms with Crippen molar-refractivity contribution < 1.29 is 9.18 Å². The summed E-state index contributed by atoms with van der Waals surface area (Å²) in [6.07, 6.45) is 3.27. The molecule has 0 aliphatic rings. The number of carbonyl (C=O) groups excluding carboxylic acids is 1. The first-order valence-corrected chi connectivity index (χ1v) is 7.81. The zero-order chi connectivity index (χ0) is 16.6. The minimum atomic E-state index is -0.396. The van der Waals surface area contributed by atoms with Crippen LogP contribution in [0, 0.1) is 12.7 Å². The maximum Gasteiger partial charge on any atom is 0.298 e. The van der Waals surface area contributed by atoms with Gasteiger partial charge >= 0.3 is 0 Å². The van der Waals surface area contributed by atoms with Gasteiger partial charge in [-0.3, -0.25) is 9.48 Å². The zero-order valence-electron chi connectivity index (χ0n) is 12.8. The number of halogens is 1. The number of hydrogen-bond acceptors (Lipinski definition) is 3. The molecular weight excluding hydrogens is 315 g/mol. The van der Waals surface area contributed by atoms with Gasteiger partial charge in [-0.2, -0.15) is 10.1 Å². The molecular formula is C16H15FN4OS. The summed E-state index contributed by atoms with van der Waals surface area (Å²) in [5.74, 6) is -0.738. The molecule has 0 fully saturated rings.